The van der Waals surface area contributed by atoms with Gasteiger partial charge in [-0.2, -0.15) is 0 Å². The molecule has 1 heterocycles. The van der Waals surface area contributed by atoms with Gasteiger partial charge in [-0.25, -0.2) is 0 Å². The zero-order valence-electron chi connectivity index (χ0n) is 16.1. The molecular formula is C23H30O3. The third kappa shape index (κ3) is 2.77. The molecule has 4 atom stereocenters. The van der Waals surface area contributed by atoms with Gasteiger partial charge in [-0.15, -0.1) is 0 Å². The molecule has 1 unspecified atom stereocenters. The molecule has 0 bridgehead atoms. The first-order valence-electron chi connectivity index (χ1n) is 9.84. The largest absolute Gasteiger partial charge is 0.497 e. The van der Waals surface area contributed by atoms with E-state index in [1.165, 1.54) is 36.8 Å². The van der Waals surface area contributed by atoms with Gasteiger partial charge < -0.3 is 14.3 Å². The Morgan fingerprint density at radius 1 is 1.27 bits per heavy atom. The molecule has 140 valence electrons. The van der Waals surface area contributed by atoms with Crippen molar-refractivity contribution in [3.05, 3.63) is 53.5 Å². The molecule has 3 heteroatoms. The third-order valence-corrected chi connectivity index (χ3v) is 7.28. The predicted octanol–water partition coefficient (Wildman–Crippen LogP) is 5.42. The minimum Gasteiger partial charge on any atom is -0.497 e. The van der Waals surface area contributed by atoms with E-state index in [9.17, 15) is 5.11 Å². The van der Waals surface area contributed by atoms with E-state index in [0.717, 1.165) is 24.2 Å². The molecule has 0 amide bonds. The molecule has 3 nitrogen and oxygen atoms in total. The summed E-state index contributed by atoms with van der Waals surface area (Å²) in [6.07, 6.45) is 9.60. The predicted molar refractivity (Wildman–Crippen MR) is 102 cm³/mol. The molecule has 26 heavy (non-hydrogen) atoms. The smallest absolute Gasteiger partial charge is 0.119 e. The summed E-state index contributed by atoms with van der Waals surface area (Å²) in [4.78, 5) is 0. The Morgan fingerprint density at radius 3 is 2.85 bits per heavy atom. The molecule has 2 aliphatic carbocycles. The zero-order chi connectivity index (χ0) is 18.4. The second-order valence-electron chi connectivity index (χ2n) is 8.82. The lowest BCUT2D eigenvalue weighted by Gasteiger charge is -2.56. The van der Waals surface area contributed by atoms with E-state index in [4.69, 9.17) is 9.15 Å². The molecule has 0 aliphatic heterocycles. The molecule has 4 rings (SSSR count). The summed E-state index contributed by atoms with van der Waals surface area (Å²) in [6, 6.07) is 8.49. The fourth-order valence-corrected chi connectivity index (χ4v) is 5.97. The van der Waals surface area contributed by atoms with Crippen molar-refractivity contribution in [3.8, 4) is 5.75 Å². The molecule has 1 saturated carbocycles. The Hall–Kier alpha value is -1.74. The average molecular weight is 354 g/mol. The number of fused-ring (bicyclic) bond motifs is 3. The van der Waals surface area contributed by atoms with Gasteiger partial charge in [0, 0.05) is 5.56 Å². The van der Waals surface area contributed by atoms with Crippen LogP contribution < -0.4 is 4.74 Å². The van der Waals surface area contributed by atoms with Gasteiger partial charge in [-0.1, -0.05) is 26.3 Å². The third-order valence-electron chi connectivity index (χ3n) is 7.28. The normalized spacial score (nSPS) is 31.8. The zero-order valence-corrected chi connectivity index (χ0v) is 16.1. The van der Waals surface area contributed by atoms with Crippen LogP contribution in [-0.2, 0) is 11.8 Å². The lowest BCUT2D eigenvalue weighted by molar-refractivity contribution is -0.0159. The fraction of sp³-hybridized carbons (Fsp3) is 0.565. The molecule has 1 fully saturated rings. The molecule has 0 radical (unpaired) electrons. The number of aliphatic hydroxyl groups is 1. The Bertz CT molecular complexity index is 766. The van der Waals surface area contributed by atoms with E-state index in [1.807, 2.05) is 6.07 Å². The average Bonchev–Trinajstić information content (AvgIpc) is 3.16. The SMILES string of the molecule is COc1ccc2c(c1)[C@@]1(C)CCC[C@](C)(CC(O)c3ccoc3)[C@@H]1CC2. The maximum atomic E-state index is 10.8. The van der Waals surface area contributed by atoms with Crippen LogP contribution in [0.15, 0.2) is 41.2 Å². The van der Waals surface area contributed by atoms with Crippen molar-refractivity contribution < 1.29 is 14.3 Å². The number of furan rings is 1. The quantitative estimate of drug-likeness (QED) is 0.797. The Balaban J connectivity index is 1.68. The van der Waals surface area contributed by atoms with Gasteiger partial charge in [-0.3, -0.25) is 0 Å². The summed E-state index contributed by atoms with van der Waals surface area (Å²) < 4.78 is 10.7. The van der Waals surface area contributed by atoms with Crippen LogP contribution >= 0.6 is 0 Å². The molecule has 0 spiro atoms. The van der Waals surface area contributed by atoms with Gasteiger partial charge in [0.15, 0.2) is 0 Å². The van der Waals surface area contributed by atoms with Gasteiger partial charge in [0.1, 0.15) is 5.75 Å². The van der Waals surface area contributed by atoms with Crippen LogP contribution in [-0.4, -0.2) is 12.2 Å². The molecule has 1 aromatic carbocycles. The van der Waals surface area contributed by atoms with E-state index in [-0.39, 0.29) is 10.8 Å². The van der Waals surface area contributed by atoms with Gasteiger partial charge >= 0.3 is 0 Å². The summed E-state index contributed by atoms with van der Waals surface area (Å²) in [5.74, 6) is 1.53. The number of ether oxygens (including phenoxy) is 1. The first-order valence-corrected chi connectivity index (χ1v) is 9.84. The van der Waals surface area contributed by atoms with Crippen molar-refractivity contribution in [1.29, 1.82) is 0 Å². The highest BCUT2D eigenvalue weighted by atomic mass is 16.5. The number of aryl methyl sites for hydroxylation is 1. The maximum absolute atomic E-state index is 10.8. The first-order chi connectivity index (χ1) is 12.5. The first kappa shape index (κ1) is 17.7. The van der Waals surface area contributed by atoms with E-state index in [2.05, 4.69) is 32.0 Å². The monoisotopic (exact) mass is 354 g/mol. The maximum Gasteiger partial charge on any atom is 0.119 e. The van der Waals surface area contributed by atoms with Crippen molar-refractivity contribution in [1.82, 2.24) is 0 Å². The number of aliphatic hydroxyl groups excluding tert-OH is 1. The summed E-state index contributed by atoms with van der Waals surface area (Å²) >= 11 is 0. The number of methoxy groups -OCH3 is 1. The molecule has 0 saturated heterocycles. The highest BCUT2D eigenvalue weighted by molar-refractivity contribution is 5.43. The minimum atomic E-state index is -0.451. The highest BCUT2D eigenvalue weighted by Gasteiger charge is 2.52. The van der Waals surface area contributed by atoms with Crippen LogP contribution in [0.2, 0.25) is 0 Å². The molecule has 1 N–H and O–H groups in total. The van der Waals surface area contributed by atoms with Crippen LogP contribution in [0.3, 0.4) is 0 Å². The van der Waals surface area contributed by atoms with Crippen LogP contribution in [0.25, 0.3) is 0 Å². The Morgan fingerprint density at radius 2 is 2.12 bits per heavy atom. The van der Waals surface area contributed by atoms with Crippen LogP contribution in [0.1, 0.15) is 68.7 Å². The second-order valence-corrected chi connectivity index (χ2v) is 8.82. The lowest BCUT2D eigenvalue weighted by Crippen LogP contribution is -2.49. The number of hydrogen-bond acceptors (Lipinski definition) is 3. The Labute approximate surface area is 156 Å². The van der Waals surface area contributed by atoms with Crippen molar-refractivity contribution in [2.75, 3.05) is 7.11 Å². The van der Waals surface area contributed by atoms with E-state index in [1.54, 1.807) is 19.6 Å². The summed E-state index contributed by atoms with van der Waals surface area (Å²) in [5, 5.41) is 10.8. The molecule has 2 aliphatic rings. The summed E-state index contributed by atoms with van der Waals surface area (Å²) in [7, 11) is 1.75. The van der Waals surface area contributed by atoms with E-state index < -0.39 is 6.10 Å². The minimum absolute atomic E-state index is 0.129. The van der Waals surface area contributed by atoms with Crippen molar-refractivity contribution in [2.24, 2.45) is 11.3 Å². The van der Waals surface area contributed by atoms with Gasteiger partial charge in [0.25, 0.3) is 0 Å². The summed E-state index contributed by atoms with van der Waals surface area (Å²) in [6.45, 7) is 4.83. The topological polar surface area (TPSA) is 42.6 Å². The van der Waals surface area contributed by atoms with Crippen molar-refractivity contribution >= 4 is 0 Å². The number of benzene rings is 1. The highest BCUT2D eigenvalue weighted by Crippen LogP contribution is 2.59. The molecule has 2 aromatic rings. The lowest BCUT2D eigenvalue weighted by atomic mass is 9.49. The number of rotatable bonds is 4. The fourth-order valence-electron chi connectivity index (χ4n) is 5.97. The number of hydrogen-bond donors (Lipinski definition) is 1. The standard InChI is InChI=1S/C23H30O3/c1-22(14-20(24)17-9-12-26-15-17)10-4-11-23(2)19-13-18(25-3)7-5-16(19)6-8-21(22)23/h5,7,9,12-13,15,20-21,24H,4,6,8,10-11,14H2,1-3H3/t20?,21-,22+,23+/m0/s1. The second kappa shape index (κ2) is 6.45. The summed E-state index contributed by atoms with van der Waals surface area (Å²) in [5.41, 5.74) is 4.13. The van der Waals surface area contributed by atoms with E-state index in [0.29, 0.717) is 5.92 Å². The van der Waals surface area contributed by atoms with Crippen LogP contribution in [0, 0.1) is 11.3 Å². The van der Waals surface area contributed by atoms with Crippen molar-refractivity contribution in [2.45, 2.75) is 63.9 Å². The van der Waals surface area contributed by atoms with Crippen LogP contribution in [0.5, 0.6) is 5.75 Å². The van der Waals surface area contributed by atoms with Crippen LogP contribution in [0.4, 0.5) is 0 Å². The van der Waals surface area contributed by atoms with Gasteiger partial charge in [0.2, 0.25) is 0 Å². The Kier molecular flexibility index (Phi) is 4.38. The van der Waals surface area contributed by atoms with Crippen molar-refractivity contribution in [3.63, 3.8) is 0 Å². The molecular weight excluding hydrogens is 324 g/mol. The van der Waals surface area contributed by atoms with E-state index >= 15 is 0 Å². The van der Waals surface area contributed by atoms with Gasteiger partial charge in [-0.05, 0) is 78.2 Å². The molecule has 1 aromatic heterocycles. The van der Waals surface area contributed by atoms with Gasteiger partial charge in [0.05, 0.1) is 25.7 Å².